The molecule has 2 heterocycles. The van der Waals surface area contributed by atoms with Crippen LogP contribution in [0.2, 0.25) is 0 Å². The molecule has 3 aromatic rings. The van der Waals surface area contributed by atoms with Crippen LogP contribution in [0.5, 0.6) is 5.75 Å². The van der Waals surface area contributed by atoms with Gasteiger partial charge in [0, 0.05) is 6.42 Å². The average Bonchev–Trinajstić information content (AvgIpc) is 3.03. The van der Waals surface area contributed by atoms with E-state index in [0.717, 1.165) is 11.1 Å². The number of phenols is 1. The maximum absolute atomic E-state index is 14.2. The molecule has 0 radical (unpaired) electrons. The van der Waals surface area contributed by atoms with Crippen molar-refractivity contribution < 1.29 is 19.4 Å². The molecule has 1 atom stereocenters. The molecule has 0 saturated carbocycles. The van der Waals surface area contributed by atoms with Gasteiger partial charge in [-0.2, -0.15) is 0 Å². The van der Waals surface area contributed by atoms with Crippen LogP contribution in [-0.2, 0) is 9.53 Å². The van der Waals surface area contributed by atoms with Gasteiger partial charge in [-0.1, -0.05) is 56.3 Å². The molecule has 3 aromatic carbocycles. The third kappa shape index (κ3) is 2.93. The molecule has 0 fully saturated rings. The van der Waals surface area contributed by atoms with E-state index in [2.05, 4.69) is 0 Å². The number of anilines is 1. The van der Waals surface area contributed by atoms with E-state index < -0.39 is 11.7 Å². The number of hydrogen-bond acceptors (Lipinski definition) is 5. The summed E-state index contributed by atoms with van der Waals surface area (Å²) in [7, 11) is 0. The van der Waals surface area contributed by atoms with Crippen LogP contribution in [-0.4, -0.2) is 22.6 Å². The number of nitrogens with zero attached hydrogens (tertiary/aromatic N) is 1. The monoisotopic (exact) mass is 425 g/mol. The van der Waals surface area contributed by atoms with Crippen molar-refractivity contribution in [3.63, 3.8) is 0 Å². The molecular weight excluding hydrogens is 402 g/mol. The lowest BCUT2D eigenvalue weighted by molar-refractivity contribution is -0.132. The summed E-state index contributed by atoms with van der Waals surface area (Å²) in [5, 5.41) is 9.86. The Labute approximate surface area is 186 Å². The number of aromatic hydroxyl groups is 1. The van der Waals surface area contributed by atoms with Gasteiger partial charge < -0.3 is 9.84 Å². The van der Waals surface area contributed by atoms with Crippen molar-refractivity contribution in [3.8, 4) is 5.75 Å². The van der Waals surface area contributed by atoms with E-state index in [-0.39, 0.29) is 17.5 Å². The number of ketones is 1. The van der Waals surface area contributed by atoms with Gasteiger partial charge in [-0.05, 0) is 53.4 Å². The first-order chi connectivity index (χ1) is 15.4. The molecule has 0 aliphatic carbocycles. The molecule has 5 rings (SSSR count). The van der Waals surface area contributed by atoms with Gasteiger partial charge in [0.25, 0.3) is 5.72 Å². The maximum atomic E-state index is 14.2. The van der Waals surface area contributed by atoms with E-state index in [1.165, 1.54) is 0 Å². The minimum absolute atomic E-state index is 0.0932. The number of carbonyl (C=O) groups excluding carboxylic acids is 2. The normalized spacial score (nSPS) is 19.8. The molecule has 0 aromatic heterocycles. The summed E-state index contributed by atoms with van der Waals surface area (Å²) >= 11 is 0. The number of carbonyl (C=O) groups is 2. The number of benzene rings is 3. The molecule has 2 aliphatic rings. The van der Waals surface area contributed by atoms with Gasteiger partial charge in [0.2, 0.25) is 5.78 Å². The second-order valence-corrected chi connectivity index (χ2v) is 8.59. The minimum Gasteiger partial charge on any atom is -0.508 e. The zero-order chi connectivity index (χ0) is 22.5. The SMILES string of the molecule is CC(C)C[C@@]12OC(=O)c3ccccc3N1C(c1ccc(O)cc1)=C(c1ccccc1)C2=O. The topological polar surface area (TPSA) is 66.8 Å². The molecule has 0 bridgehead atoms. The number of para-hydroxylation sites is 1. The Morgan fingerprint density at radius 3 is 2.22 bits per heavy atom. The number of esters is 1. The van der Waals surface area contributed by atoms with Crippen LogP contribution in [0.15, 0.2) is 78.9 Å². The second kappa shape index (κ2) is 7.38. The molecule has 5 heteroatoms. The van der Waals surface area contributed by atoms with Gasteiger partial charge in [-0.25, -0.2) is 4.79 Å². The van der Waals surface area contributed by atoms with E-state index in [1.54, 1.807) is 36.4 Å². The van der Waals surface area contributed by atoms with Crippen LogP contribution in [0.3, 0.4) is 0 Å². The van der Waals surface area contributed by atoms with Crippen LogP contribution in [0.4, 0.5) is 5.69 Å². The van der Waals surface area contributed by atoms with Gasteiger partial charge in [-0.3, -0.25) is 9.69 Å². The lowest BCUT2D eigenvalue weighted by Crippen LogP contribution is -2.56. The molecule has 0 saturated heterocycles. The van der Waals surface area contributed by atoms with Crippen LogP contribution in [0.25, 0.3) is 11.3 Å². The van der Waals surface area contributed by atoms with Gasteiger partial charge in [0.15, 0.2) is 0 Å². The first kappa shape index (κ1) is 20.1. The van der Waals surface area contributed by atoms with E-state index in [9.17, 15) is 14.7 Å². The fourth-order valence-corrected chi connectivity index (χ4v) is 4.70. The number of Topliss-reactive ketones (excluding diaryl/α,β-unsaturated/α-hetero) is 1. The van der Waals surface area contributed by atoms with Gasteiger partial charge >= 0.3 is 5.97 Å². The molecule has 2 aliphatic heterocycles. The lowest BCUT2D eigenvalue weighted by Gasteiger charge is -2.44. The van der Waals surface area contributed by atoms with Gasteiger partial charge in [0.1, 0.15) is 5.75 Å². The van der Waals surface area contributed by atoms with Crippen LogP contribution < -0.4 is 4.90 Å². The average molecular weight is 425 g/mol. The molecule has 0 amide bonds. The van der Waals surface area contributed by atoms with Crippen LogP contribution in [0.1, 0.15) is 41.8 Å². The zero-order valence-electron chi connectivity index (χ0n) is 17.9. The first-order valence-electron chi connectivity index (χ1n) is 10.7. The quantitative estimate of drug-likeness (QED) is 0.578. The Kier molecular flexibility index (Phi) is 4.63. The van der Waals surface area contributed by atoms with Crippen molar-refractivity contribution in [2.24, 2.45) is 5.92 Å². The lowest BCUT2D eigenvalue weighted by atomic mass is 9.90. The van der Waals surface area contributed by atoms with Crippen molar-refractivity contribution in [2.45, 2.75) is 26.0 Å². The first-order valence-corrected chi connectivity index (χ1v) is 10.7. The summed E-state index contributed by atoms with van der Waals surface area (Å²) in [6.45, 7) is 4.02. The van der Waals surface area contributed by atoms with Crippen LogP contribution >= 0.6 is 0 Å². The van der Waals surface area contributed by atoms with E-state index >= 15 is 0 Å². The van der Waals surface area contributed by atoms with Crippen molar-refractivity contribution in [2.75, 3.05) is 4.90 Å². The largest absolute Gasteiger partial charge is 0.508 e. The van der Waals surface area contributed by atoms with Gasteiger partial charge in [0.05, 0.1) is 22.5 Å². The highest BCUT2D eigenvalue weighted by molar-refractivity contribution is 6.38. The second-order valence-electron chi connectivity index (χ2n) is 8.59. The molecular formula is C27H23NO4. The van der Waals surface area contributed by atoms with Crippen molar-refractivity contribution >= 4 is 28.7 Å². The van der Waals surface area contributed by atoms with E-state index in [4.69, 9.17) is 4.74 Å². The van der Waals surface area contributed by atoms with E-state index in [1.807, 2.05) is 61.2 Å². The number of phenolic OH excluding ortho intramolecular Hbond substituents is 1. The zero-order valence-corrected chi connectivity index (χ0v) is 17.9. The standard InChI is InChI=1S/C27H23NO4/c1-17(2)16-27-25(30)23(18-8-4-3-5-9-18)24(19-12-14-20(29)15-13-19)28(27)22-11-7-6-10-21(22)26(31)32-27/h3-15,17,29H,16H2,1-2H3/t27-/m0/s1. The Balaban J connectivity index is 1.86. The Bertz CT molecular complexity index is 1240. The van der Waals surface area contributed by atoms with Gasteiger partial charge in [-0.15, -0.1) is 0 Å². The highest BCUT2D eigenvalue weighted by Gasteiger charge is 2.60. The number of hydrogen-bond donors (Lipinski definition) is 1. The van der Waals surface area contributed by atoms with Crippen molar-refractivity contribution in [1.29, 1.82) is 0 Å². The Hall–Kier alpha value is -3.86. The molecule has 160 valence electrons. The number of rotatable bonds is 4. The highest BCUT2D eigenvalue weighted by Crippen LogP contribution is 2.53. The molecule has 32 heavy (non-hydrogen) atoms. The van der Waals surface area contributed by atoms with Crippen molar-refractivity contribution in [1.82, 2.24) is 0 Å². The smallest absolute Gasteiger partial charge is 0.342 e. The summed E-state index contributed by atoms with van der Waals surface area (Å²) in [6, 6.07) is 23.4. The predicted octanol–water partition coefficient (Wildman–Crippen LogP) is 5.26. The fourth-order valence-electron chi connectivity index (χ4n) is 4.70. The van der Waals surface area contributed by atoms with E-state index in [0.29, 0.717) is 28.9 Å². The predicted molar refractivity (Wildman–Crippen MR) is 123 cm³/mol. The summed E-state index contributed by atoms with van der Waals surface area (Å²) in [5.74, 6) is -0.497. The third-order valence-corrected chi connectivity index (χ3v) is 5.92. The third-order valence-electron chi connectivity index (χ3n) is 5.92. The molecule has 5 nitrogen and oxygen atoms in total. The van der Waals surface area contributed by atoms with Crippen molar-refractivity contribution in [3.05, 3.63) is 95.6 Å². The summed E-state index contributed by atoms with van der Waals surface area (Å²) < 4.78 is 6.02. The maximum Gasteiger partial charge on any atom is 0.342 e. The highest BCUT2D eigenvalue weighted by atomic mass is 16.6. The summed E-state index contributed by atoms with van der Waals surface area (Å²) in [4.78, 5) is 29.1. The fraction of sp³-hybridized carbons (Fsp3) is 0.185. The number of ether oxygens (including phenoxy) is 1. The van der Waals surface area contributed by atoms with Crippen LogP contribution in [0, 0.1) is 5.92 Å². The Morgan fingerprint density at radius 2 is 1.53 bits per heavy atom. The Morgan fingerprint density at radius 1 is 0.875 bits per heavy atom. The summed E-state index contributed by atoms with van der Waals surface area (Å²) in [6.07, 6.45) is 0.351. The number of fused-ring (bicyclic) bond motifs is 3. The molecule has 0 spiro atoms. The summed E-state index contributed by atoms with van der Waals surface area (Å²) in [5.41, 5.74) is 2.29. The molecule has 0 unspecified atom stereocenters. The molecule has 1 N–H and O–H groups in total. The minimum atomic E-state index is -1.46.